The third kappa shape index (κ3) is 3.89. The van der Waals surface area contributed by atoms with E-state index in [-0.39, 0.29) is 11.9 Å². The van der Waals surface area contributed by atoms with Crippen LogP contribution in [0.4, 0.5) is 0 Å². The van der Waals surface area contributed by atoms with Crippen LogP contribution in [0, 0.1) is 0 Å². The number of hydrogen-bond donors (Lipinski definition) is 0. The molecule has 0 atom stereocenters. The largest absolute Gasteiger partial charge is 0.488 e. The van der Waals surface area contributed by atoms with Gasteiger partial charge in [0, 0.05) is 23.1 Å². The monoisotopic (exact) mass is 361 g/mol. The highest BCUT2D eigenvalue weighted by Gasteiger charge is 2.18. The Morgan fingerprint density at radius 2 is 1.77 bits per heavy atom. The first-order valence-corrected chi connectivity index (χ1v) is 8.02. The molecule has 0 aliphatic rings. The number of amides is 1. The molecule has 4 heteroatoms. The summed E-state index contributed by atoms with van der Waals surface area (Å²) in [5, 5.41) is 0. The van der Waals surface area contributed by atoms with Crippen LogP contribution in [0.3, 0.4) is 0 Å². The molecule has 0 saturated carbocycles. The number of para-hydroxylation sites is 1. The highest BCUT2D eigenvalue weighted by molar-refractivity contribution is 9.10. The molecule has 0 unspecified atom stereocenters. The van der Waals surface area contributed by atoms with Gasteiger partial charge in [0.1, 0.15) is 12.4 Å². The van der Waals surface area contributed by atoms with Gasteiger partial charge in [0.15, 0.2) is 0 Å². The van der Waals surface area contributed by atoms with Crippen LogP contribution < -0.4 is 4.74 Å². The van der Waals surface area contributed by atoms with Gasteiger partial charge >= 0.3 is 0 Å². The molecule has 3 nitrogen and oxygen atoms in total. The van der Waals surface area contributed by atoms with Gasteiger partial charge in [0.05, 0.1) is 5.56 Å². The molecule has 0 aliphatic carbocycles. The summed E-state index contributed by atoms with van der Waals surface area (Å²) in [5.74, 6) is 0.577. The molecule has 0 spiro atoms. The number of halogens is 1. The average molecular weight is 362 g/mol. The fourth-order valence-electron chi connectivity index (χ4n) is 1.96. The molecule has 22 heavy (non-hydrogen) atoms. The van der Waals surface area contributed by atoms with Gasteiger partial charge in [-0.2, -0.15) is 0 Å². The Labute approximate surface area is 140 Å². The van der Waals surface area contributed by atoms with Crippen molar-refractivity contribution < 1.29 is 9.53 Å². The van der Waals surface area contributed by atoms with E-state index < -0.39 is 0 Å². The number of ether oxygens (including phenoxy) is 1. The van der Waals surface area contributed by atoms with Gasteiger partial charge in [-0.1, -0.05) is 46.3 Å². The van der Waals surface area contributed by atoms with Crippen LogP contribution in [0.1, 0.15) is 29.8 Å². The Kier molecular flexibility index (Phi) is 5.61. The molecule has 0 bridgehead atoms. The normalized spacial score (nSPS) is 10.6. The van der Waals surface area contributed by atoms with Crippen LogP contribution in [0.15, 0.2) is 53.0 Å². The first-order valence-electron chi connectivity index (χ1n) is 7.23. The summed E-state index contributed by atoms with van der Waals surface area (Å²) in [4.78, 5) is 14.2. The van der Waals surface area contributed by atoms with Crippen LogP contribution in [0.25, 0.3) is 0 Å². The average Bonchev–Trinajstić information content (AvgIpc) is 2.53. The lowest BCUT2D eigenvalue weighted by molar-refractivity contribution is 0.0750. The van der Waals surface area contributed by atoms with Gasteiger partial charge < -0.3 is 9.64 Å². The van der Waals surface area contributed by atoms with Crippen molar-refractivity contribution in [3.8, 4) is 5.75 Å². The summed E-state index contributed by atoms with van der Waals surface area (Å²) in [5.41, 5.74) is 1.63. The lowest BCUT2D eigenvalue weighted by Crippen LogP contribution is -2.33. The molecule has 0 heterocycles. The third-order valence-corrected chi connectivity index (χ3v) is 4.33. The minimum absolute atomic E-state index is 0.0299. The summed E-state index contributed by atoms with van der Waals surface area (Å²) in [7, 11) is 1.80. The minimum Gasteiger partial charge on any atom is -0.488 e. The van der Waals surface area contributed by atoms with E-state index >= 15 is 0 Å². The lowest BCUT2D eigenvalue weighted by Gasteiger charge is -2.22. The first kappa shape index (κ1) is 16.6. The number of rotatable bonds is 5. The van der Waals surface area contributed by atoms with Gasteiger partial charge in [0.25, 0.3) is 5.91 Å². The van der Waals surface area contributed by atoms with Crippen molar-refractivity contribution in [1.29, 1.82) is 0 Å². The molecule has 2 aromatic rings. The quantitative estimate of drug-likeness (QED) is 0.783. The molecular weight excluding hydrogens is 342 g/mol. The SMILES string of the molecule is CC(C)N(C)C(=O)c1ccccc1OCc1ccccc1Br. The zero-order chi connectivity index (χ0) is 16.1. The summed E-state index contributed by atoms with van der Waals surface area (Å²) >= 11 is 3.50. The molecule has 0 aromatic heterocycles. The van der Waals surface area contributed by atoms with Crippen LogP contribution in [0.5, 0.6) is 5.75 Å². The van der Waals surface area contributed by atoms with E-state index in [4.69, 9.17) is 4.74 Å². The van der Waals surface area contributed by atoms with Crippen LogP contribution in [-0.4, -0.2) is 23.9 Å². The third-order valence-electron chi connectivity index (χ3n) is 3.55. The lowest BCUT2D eigenvalue weighted by atomic mass is 10.1. The predicted molar refractivity (Wildman–Crippen MR) is 92.1 cm³/mol. The second-order valence-corrected chi connectivity index (χ2v) is 6.24. The molecule has 1 amide bonds. The molecule has 2 rings (SSSR count). The first-order chi connectivity index (χ1) is 10.5. The maximum atomic E-state index is 12.5. The fourth-order valence-corrected chi connectivity index (χ4v) is 2.36. The Morgan fingerprint density at radius 3 is 2.45 bits per heavy atom. The van der Waals surface area contributed by atoms with Crippen molar-refractivity contribution in [3.63, 3.8) is 0 Å². The molecular formula is C18H20BrNO2. The fraction of sp³-hybridized carbons (Fsp3) is 0.278. The van der Waals surface area contributed by atoms with Crippen molar-refractivity contribution in [2.45, 2.75) is 26.5 Å². The summed E-state index contributed by atoms with van der Waals surface area (Å²) in [6, 6.07) is 15.4. The maximum Gasteiger partial charge on any atom is 0.257 e. The number of nitrogens with zero attached hydrogens (tertiary/aromatic N) is 1. The molecule has 0 radical (unpaired) electrons. The topological polar surface area (TPSA) is 29.5 Å². The highest BCUT2D eigenvalue weighted by Crippen LogP contribution is 2.23. The van der Waals surface area contributed by atoms with E-state index in [9.17, 15) is 4.79 Å². The van der Waals surface area contributed by atoms with E-state index in [0.717, 1.165) is 10.0 Å². The molecule has 0 fully saturated rings. The molecule has 116 valence electrons. The van der Waals surface area contributed by atoms with Gasteiger partial charge in [-0.25, -0.2) is 0 Å². The Bertz CT molecular complexity index is 655. The molecule has 0 saturated heterocycles. The molecule has 0 N–H and O–H groups in total. The molecule has 0 aliphatic heterocycles. The van der Waals surface area contributed by atoms with E-state index in [1.165, 1.54) is 0 Å². The summed E-state index contributed by atoms with van der Waals surface area (Å²) in [6.07, 6.45) is 0. The van der Waals surface area contributed by atoms with Gasteiger partial charge in [0.2, 0.25) is 0 Å². The predicted octanol–water partition coefficient (Wildman–Crippen LogP) is 4.51. The second-order valence-electron chi connectivity index (χ2n) is 5.39. The van der Waals surface area contributed by atoms with Gasteiger partial charge in [-0.05, 0) is 32.0 Å². The maximum absolute atomic E-state index is 12.5. The summed E-state index contributed by atoms with van der Waals surface area (Å²) < 4.78 is 6.88. The number of hydrogen-bond acceptors (Lipinski definition) is 2. The second kappa shape index (κ2) is 7.45. The summed E-state index contributed by atoms with van der Waals surface area (Å²) in [6.45, 7) is 4.39. The Hall–Kier alpha value is -1.81. The Morgan fingerprint density at radius 1 is 1.14 bits per heavy atom. The van der Waals surface area contributed by atoms with Crippen molar-refractivity contribution >= 4 is 21.8 Å². The zero-order valence-corrected chi connectivity index (χ0v) is 14.6. The van der Waals surface area contributed by atoms with Crippen LogP contribution in [-0.2, 0) is 6.61 Å². The van der Waals surface area contributed by atoms with Crippen LogP contribution >= 0.6 is 15.9 Å². The van der Waals surface area contributed by atoms with E-state index in [1.54, 1.807) is 18.0 Å². The van der Waals surface area contributed by atoms with Gasteiger partial charge in [-0.3, -0.25) is 4.79 Å². The van der Waals surface area contributed by atoms with E-state index in [2.05, 4.69) is 15.9 Å². The van der Waals surface area contributed by atoms with Crippen LogP contribution in [0.2, 0.25) is 0 Å². The number of carbonyl (C=O) groups excluding carboxylic acids is 1. The Balaban J connectivity index is 2.19. The highest BCUT2D eigenvalue weighted by atomic mass is 79.9. The van der Waals surface area contributed by atoms with Crippen molar-refractivity contribution in [2.75, 3.05) is 7.05 Å². The van der Waals surface area contributed by atoms with E-state index in [1.807, 2.05) is 56.3 Å². The van der Waals surface area contributed by atoms with Crippen molar-refractivity contribution in [1.82, 2.24) is 4.90 Å². The van der Waals surface area contributed by atoms with E-state index in [0.29, 0.717) is 17.9 Å². The van der Waals surface area contributed by atoms with Gasteiger partial charge in [-0.15, -0.1) is 0 Å². The standard InChI is InChI=1S/C18H20BrNO2/c1-13(2)20(3)18(21)15-9-5-7-11-17(15)22-12-14-8-4-6-10-16(14)19/h4-11,13H,12H2,1-3H3. The number of carbonyl (C=O) groups is 1. The number of benzene rings is 2. The minimum atomic E-state index is -0.0299. The molecule has 2 aromatic carbocycles. The smallest absolute Gasteiger partial charge is 0.257 e. The van der Waals surface area contributed by atoms with Crippen molar-refractivity contribution in [2.24, 2.45) is 0 Å². The zero-order valence-electron chi connectivity index (χ0n) is 13.0. The van der Waals surface area contributed by atoms with Crippen molar-refractivity contribution in [3.05, 3.63) is 64.1 Å².